The average molecular weight is 584 g/mol. The number of aliphatic hydroxyl groups excluding tert-OH is 1. The van der Waals surface area contributed by atoms with Gasteiger partial charge in [0.15, 0.2) is 0 Å². The molecule has 0 aromatic heterocycles. The lowest BCUT2D eigenvalue weighted by Crippen LogP contribution is -2.23. The van der Waals surface area contributed by atoms with Crippen molar-refractivity contribution in [3.8, 4) is 0 Å². The summed E-state index contributed by atoms with van der Waals surface area (Å²) < 4.78 is 17.5. The molecule has 3 aromatic carbocycles. The van der Waals surface area contributed by atoms with Gasteiger partial charge in [0.2, 0.25) is 0 Å². The van der Waals surface area contributed by atoms with Crippen molar-refractivity contribution >= 4 is 46.6 Å². The van der Waals surface area contributed by atoms with Crippen molar-refractivity contribution in [2.75, 3.05) is 13.7 Å². The fourth-order valence-corrected chi connectivity index (χ4v) is 5.14. The van der Waals surface area contributed by atoms with Crippen LogP contribution in [0.15, 0.2) is 86.0 Å². The van der Waals surface area contributed by atoms with Gasteiger partial charge in [0.1, 0.15) is 5.44 Å². The summed E-state index contributed by atoms with van der Waals surface area (Å²) in [6, 6.07) is 22.6. The molecule has 3 atom stereocenters. The molecule has 1 aliphatic rings. The molecular formula is C29H33Cl3O4S. The minimum Gasteiger partial charge on any atom is -0.392 e. The Balaban J connectivity index is 0.000000367. The van der Waals surface area contributed by atoms with Crippen LogP contribution < -0.4 is 0 Å². The summed E-state index contributed by atoms with van der Waals surface area (Å²) in [4.78, 5) is 0. The number of rotatable bonds is 9. The second-order valence-electron chi connectivity index (χ2n) is 8.00. The van der Waals surface area contributed by atoms with Crippen molar-refractivity contribution < 1.29 is 19.3 Å². The summed E-state index contributed by atoms with van der Waals surface area (Å²) in [7, 11) is 1.73. The van der Waals surface area contributed by atoms with E-state index in [4.69, 9.17) is 54.1 Å². The van der Waals surface area contributed by atoms with E-state index in [0.29, 0.717) is 30.1 Å². The summed E-state index contributed by atoms with van der Waals surface area (Å²) >= 11 is 19.2. The molecule has 1 fully saturated rings. The van der Waals surface area contributed by atoms with Gasteiger partial charge in [-0.05, 0) is 59.5 Å². The highest BCUT2D eigenvalue weighted by Gasteiger charge is 2.36. The maximum atomic E-state index is 8.59. The second kappa shape index (κ2) is 17.9. The van der Waals surface area contributed by atoms with E-state index in [1.165, 1.54) is 0 Å². The Morgan fingerprint density at radius 1 is 0.784 bits per heavy atom. The maximum Gasteiger partial charge on any atom is 0.129 e. The van der Waals surface area contributed by atoms with Gasteiger partial charge in [0.05, 0.1) is 32.5 Å². The molecule has 0 radical (unpaired) electrons. The highest BCUT2D eigenvalue weighted by Crippen LogP contribution is 2.37. The average Bonchev–Trinajstić information content (AvgIpc) is 3.33. The molecule has 200 valence electrons. The number of thioether (sulfide) groups is 1. The first-order valence-corrected chi connectivity index (χ1v) is 13.8. The first kappa shape index (κ1) is 31.7. The number of benzene rings is 3. The fraction of sp³-hybridized carbons (Fsp3) is 0.310. The number of ether oxygens (including phenoxy) is 3. The lowest BCUT2D eigenvalue weighted by Gasteiger charge is -2.17. The number of hydrogen-bond acceptors (Lipinski definition) is 5. The van der Waals surface area contributed by atoms with Crippen molar-refractivity contribution in [3.63, 3.8) is 0 Å². The first-order chi connectivity index (χ1) is 18.0. The highest BCUT2D eigenvalue weighted by atomic mass is 35.5. The van der Waals surface area contributed by atoms with Crippen LogP contribution >= 0.6 is 46.6 Å². The van der Waals surface area contributed by atoms with Crippen LogP contribution in [0.5, 0.6) is 0 Å². The molecule has 8 heteroatoms. The van der Waals surface area contributed by atoms with Crippen LogP contribution in [0.1, 0.15) is 23.1 Å². The maximum absolute atomic E-state index is 8.59. The topological polar surface area (TPSA) is 47.9 Å². The Labute approximate surface area is 239 Å². The zero-order chi connectivity index (χ0) is 27.0. The molecule has 1 saturated heterocycles. The van der Waals surface area contributed by atoms with Crippen LogP contribution in [-0.4, -0.2) is 35.6 Å². The normalized spacial score (nSPS) is 18.4. The lowest BCUT2D eigenvalue weighted by atomic mass is 10.2. The van der Waals surface area contributed by atoms with Crippen molar-refractivity contribution in [3.05, 3.63) is 118 Å². The SMILES string of the molecule is C=C.COC1SC(COCc2ccc(Cl)cc2)CC1OCc1ccc(Cl)cc1.OCc1ccc(Cl)cc1. The Bertz CT molecular complexity index is 1020. The summed E-state index contributed by atoms with van der Waals surface area (Å²) in [5.74, 6) is 0. The summed E-state index contributed by atoms with van der Waals surface area (Å²) in [5, 5.41) is 11.1. The molecule has 1 N–H and O–H groups in total. The van der Waals surface area contributed by atoms with Crippen molar-refractivity contribution in [2.24, 2.45) is 0 Å². The van der Waals surface area contributed by atoms with Crippen LogP contribution in [0.25, 0.3) is 0 Å². The van der Waals surface area contributed by atoms with Crippen LogP contribution in [0.2, 0.25) is 15.1 Å². The van der Waals surface area contributed by atoms with Gasteiger partial charge in [-0.3, -0.25) is 0 Å². The molecule has 0 bridgehead atoms. The molecule has 4 rings (SSSR count). The second-order valence-corrected chi connectivity index (χ2v) is 10.7. The Hall–Kier alpha value is -1.54. The molecule has 37 heavy (non-hydrogen) atoms. The van der Waals surface area contributed by atoms with E-state index in [1.54, 1.807) is 43.1 Å². The monoisotopic (exact) mass is 582 g/mol. The third-order valence-electron chi connectivity index (χ3n) is 5.32. The molecule has 0 amide bonds. The van der Waals surface area contributed by atoms with Crippen LogP contribution in [0.3, 0.4) is 0 Å². The fourth-order valence-electron chi connectivity index (χ4n) is 3.43. The largest absolute Gasteiger partial charge is 0.392 e. The molecule has 4 nitrogen and oxygen atoms in total. The quantitative estimate of drug-likeness (QED) is 0.257. The molecule has 1 aliphatic heterocycles. The number of aliphatic hydroxyl groups is 1. The minimum atomic E-state index is 0.0337. The van der Waals surface area contributed by atoms with Gasteiger partial charge in [-0.25, -0.2) is 0 Å². The Kier molecular flexibility index (Phi) is 15.3. The van der Waals surface area contributed by atoms with E-state index < -0.39 is 0 Å². The van der Waals surface area contributed by atoms with E-state index in [9.17, 15) is 0 Å². The molecule has 1 heterocycles. The van der Waals surface area contributed by atoms with Crippen molar-refractivity contribution in [1.29, 1.82) is 0 Å². The Morgan fingerprint density at radius 2 is 1.24 bits per heavy atom. The van der Waals surface area contributed by atoms with Gasteiger partial charge in [-0.1, -0.05) is 71.2 Å². The van der Waals surface area contributed by atoms with Gasteiger partial charge in [-0.15, -0.1) is 24.9 Å². The summed E-state index contributed by atoms with van der Waals surface area (Å²) in [6.45, 7) is 7.90. The lowest BCUT2D eigenvalue weighted by molar-refractivity contribution is -0.0250. The van der Waals surface area contributed by atoms with Crippen molar-refractivity contribution in [1.82, 2.24) is 0 Å². The molecular weight excluding hydrogens is 551 g/mol. The Morgan fingerprint density at radius 3 is 1.70 bits per heavy atom. The summed E-state index contributed by atoms with van der Waals surface area (Å²) in [6.07, 6.45) is 0.974. The third-order valence-corrected chi connectivity index (χ3v) is 7.55. The van der Waals surface area contributed by atoms with Gasteiger partial charge < -0.3 is 19.3 Å². The zero-order valence-corrected chi connectivity index (χ0v) is 23.9. The number of methoxy groups -OCH3 is 1. The van der Waals surface area contributed by atoms with Crippen LogP contribution in [0, 0.1) is 0 Å². The minimum absolute atomic E-state index is 0.0337. The van der Waals surface area contributed by atoms with Crippen LogP contribution in [-0.2, 0) is 34.0 Å². The molecule has 3 unspecified atom stereocenters. The van der Waals surface area contributed by atoms with Crippen LogP contribution in [0.4, 0.5) is 0 Å². The first-order valence-electron chi connectivity index (χ1n) is 11.7. The van der Waals surface area contributed by atoms with E-state index in [2.05, 4.69) is 13.2 Å². The predicted molar refractivity (Wildman–Crippen MR) is 157 cm³/mol. The van der Waals surface area contributed by atoms with E-state index in [1.807, 2.05) is 48.5 Å². The molecule has 0 aliphatic carbocycles. The third kappa shape index (κ3) is 11.8. The number of halogens is 3. The van der Waals surface area contributed by atoms with E-state index >= 15 is 0 Å². The predicted octanol–water partition coefficient (Wildman–Crippen LogP) is 8.21. The zero-order valence-electron chi connectivity index (χ0n) is 20.8. The van der Waals surface area contributed by atoms with Crippen molar-refractivity contribution in [2.45, 2.75) is 43.0 Å². The van der Waals surface area contributed by atoms with E-state index in [0.717, 1.165) is 33.2 Å². The highest BCUT2D eigenvalue weighted by molar-refractivity contribution is 8.00. The van der Waals surface area contributed by atoms with Gasteiger partial charge in [0, 0.05) is 27.4 Å². The molecule has 3 aromatic rings. The van der Waals surface area contributed by atoms with Gasteiger partial charge >= 0.3 is 0 Å². The number of hydrogen-bond donors (Lipinski definition) is 1. The van der Waals surface area contributed by atoms with E-state index in [-0.39, 0.29) is 18.1 Å². The summed E-state index contributed by atoms with van der Waals surface area (Å²) in [5.41, 5.74) is 3.15. The molecule has 0 saturated carbocycles. The smallest absolute Gasteiger partial charge is 0.129 e. The standard InChI is InChI=1S/C20H22Cl2O3S.C7H7ClO.C2H4/c1-23-20-19(25-12-15-4-8-17(22)9-5-15)10-18(26-20)13-24-11-14-2-6-16(21)7-3-14;8-7-3-1-6(5-9)2-4-7;1-2/h2-9,18-20H,10-13H2,1H3;1-4,9H,5H2;1-2H2. The van der Waals surface area contributed by atoms with Gasteiger partial charge in [0.25, 0.3) is 0 Å². The molecule has 0 spiro atoms. The van der Waals surface area contributed by atoms with Gasteiger partial charge in [-0.2, -0.15) is 0 Å².